The van der Waals surface area contributed by atoms with Crippen LogP contribution in [0.1, 0.15) is 35.5 Å². The van der Waals surface area contributed by atoms with Crippen molar-refractivity contribution in [3.8, 4) is 0 Å². The van der Waals surface area contributed by atoms with Crippen LogP contribution in [-0.4, -0.2) is 9.97 Å². The van der Waals surface area contributed by atoms with E-state index in [0.29, 0.717) is 10.5 Å². The molecule has 5 heteroatoms. The number of rotatable bonds is 6. The summed E-state index contributed by atoms with van der Waals surface area (Å²) in [5, 5.41) is 0.954. The molecule has 19 heavy (non-hydrogen) atoms. The van der Waals surface area contributed by atoms with Gasteiger partial charge in [0.2, 0.25) is 0 Å². The highest BCUT2D eigenvalue weighted by Gasteiger charge is 2.10. The first-order chi connectivity index (χ1) is 9.27. The molecule has 0 fully saturated rings. The number of hydrogen-bond donors (Lipinski definition) is 0. The van der Waals surface area contributed by atoms with E-state index in [1.807, 2.05) is 56.2 Å². The lowest BCUT2D eigenvalue weighted by Gasteiger charge is -2.13. The first-order valence-electron chi connectivity index (χ1n) is 6.06. The second-order valence-electron chi connectivity index (χ2n) is 4.11. The molecule has 0 amide bonds. The molecule has 0 aliphatic carbocycles. The molecule has 2 rings (SSSR count). The molecule has 0 radical (unpaired) electrons. The SMILES string of the molecule is CC(SSSC(C)c1ccncc1)c1ccncc1. The third-order valence-corrected chi connectivity index (χ3v) is 7.61. The minimum absolute atomic E-state index is 0.477. The normalized spacial score (nSPS) is 14.0. The highest BCUT2D eigenvalue weighted by atomic mass is 33.5. The van der Waals surface area contributed by atoms with Gasteiger partial charge < -0.3 is 0 Å². The minimum Gasteiger partial charge on any atom is -0.265 e. The summed E-state index contributed by atoms with van der Waals surface area (Å²) in [7, 11) is 5.63. The summed E-state index contributed by atoms with van der Waals surface area (Å²) in [5.41, 5.74) is 2.65. The Morgan fingerprint density at radius 1 is 0.737 bits per heavy atom. The summed E-state index contributed by atoms with van der Waals surface area (Å²) in [6.07, 6.45) is 7.40. The quantitative estimate of drug-likeness (QED) is 0.672. The van der Waals surface area contributed by atoms with Crippen LogP contribution in [0.3, 0.4) is 0 Å². The van der Waals surface area contributed by atoms with Crippen LogP contribution < -0.4 is 0 Å². The Morgan fingerprint density at radius 2 is 1.11 bits per heavy atom. The molecule has 2 nitrogen and oxygen atoms in total. The molecule has 100 valence electrons. The second-order valence-corrected chi connectivity index (χ2v) is 8.83. The lowest BCUT2D eigenvalue weighted by Crippen LogP contribution is -1.87. The maximum Gasteiger partial charge on any atom is 0.0382 e. The largest absolute Gasteiger partial charge is 0.265 e. The van der Waals surface area contributed by atoms with Crippen molar-refractivity contribution in [3.63, 3.8) is 0 Å². The summed E-state index contributed by atoms with van der Waals surface area (Å²) >= 11 is 0. The number of nitrogens with zero attached hydrogens (tertiary/aromatic N) is 2. The summed E-state index contributed by atoms with van der Waals surface area (Å²) in [6.45, 7) is 4.45. The standard InChI is InChI=1S/C14H16N2S3/c1-11(13-3-7-15-8-4-13)17-19-18-12(2)14-5-9-16-10-6-14/h3-12H,1-2H3. The van der Waals surface area contributed by atoms with Gasteiger partial charge in [-0.05, 0) is 59.1 Å². The van der Waals surface area contributed by atoms with Crippen LogP contribution in [0, 0.1) is 0 Å². The molecule has 0 aliphatic rings. The van der Waals surface area contributed by atoms with Gasteiger partial charge in [-0.1, -0.05) is 21.6 Å². The number of pyridine rings is 2. The molecular formula is C14H16N2S3. The molecule has 0 saturated carbocycles. The van der Waals surface area contributed by atoms with Crippen molar-refractivity contribution < 1.29 is 0 Å². The zero-order valence-electron chi connectivity index (χ0n) is 10.9. The first-order valence-corrected chi connectivity index (χ1v) is 9.67. The van der Waals surface area contributed by atoms with Crippen molar-refractivity contribution in [2.45, 2.75) is 24.3 Å². The number of aromatic nitrogens is 2. The van der Waals surface area contributed by atoms with Gasteiger partial charge in [-0.25, -0.2) is 0 Å². The highest BCUT2D eigenvalue weighted by molar-refractivity contribution is 9.09. The Bertz CT molecular complexity index is 433. The van der Waals surface area contributed by atoms with Crippen molar-refractivity contribution >= 4 is 31.4 Å². The fourth-order valence-electron chi connectivity index (χ4n) is 1.52. The minimum atomic E-state index is 0.477. The summed E-state index contributed by atoms with van der Waals surface area (Å²) < 4.78 is 0. The summed E-state index contributed by atoms with van der Waals surface area (Å²) in [4.78, 5) is 8.10. The van der Waals surface area contributed by atoms with E-state index in [1.165, 1.54) is 11.1 Å². The maximum absolute atomic E-state index is 4.05. The molecule has 2 unspecified atom stereocenters. The third kappa shape index (κ3) is 4.75. The lowest BCUT2D eigenvalue weighted by atomic mass is 10.2. The Labute approximate surface area is 126 Å². The Hall–Kier alpha value is -0.650. The van der Waals surface area contributed by atoms with E-state index in [2.05, 4.69) is 48.1 Å². The van der Waals surface area contributed by atoms with Crippen LogP contribution in [0.4, 0.5) is 0 Å². The van der Waals surface area contributed by atoms with Gasteiger partial charge in [0.25, 0.3) is 0 Å². The fourth-order valence-corrected chi connectivity index (χ4v) is 6.38. The van der Waals surface area contributed by atoms with Crippen LogP contribution in [0.15, 0.2) is 49.1 Å². The molecule has 2 aromatic rings. The van der Waals surface area contributed by atoms with E-state index in [1.54, 1.807) is 0 Å². The van der Waals surface area contributed by atoms with E-state index < -0.39 is 0 Å². The Balaban J connectivity index is 1.78. The average molecular weight is 308 g/mol. The molecule has 2 aromatic heterocycles. The predicted octanol–water partition coefficient (Wildman–Crippen LogP) is 5.33. The zero-order valence-corrected chi connectivity index (χ0v) is 13.3. The smallest absolute Gasteiger partial charge is 0.0382 e. The molecular weight excluding hydrogens is 292 g/mol. The van der Waals surface area contributed by atoms with Crippen molar-refractivity contribution in [1.82, 2.24) is 9.97 Å². The van der Waals surface area contributed by atoms with Crippen LogP contribution >= 0.6 is 31.4 Å². The molecule has 0 spiro atoms. The second kappa shape index (κ2) is 7.82. The zero-order chi connectivity index (χ0) is 13.5. The molecule has 0 aromatic carbocycles. The van der Waals surface area contributed by atoms with Gasteiger partial charge in [-0.3, -0.25) is 9.97 Å². The van der Waals surface area contributed by atoms with Gasteiger partial charge in [0, 0.05) is 35.3 Å². The van der Waals surface area contributed by atoms with Crippen molar-refractivity contribution in [3.05, 3.63) is 60.2 Å². The van der Waals surface area contributed by atoms with Crippen LogP contribution in [0.25, 0.3) is 0 Å². The molecule has 2 heterocycles. The maximum atomic E-state index is 4.05. The van der Waals surface area contributed by atoms with E-state index in [9.17, 15) is 0 Å². The van der Waals surface area contributed by atoms with E-state index in [4.69, 9.17) is 0 Å². The van der Waals surface area contributed by atoms with Gasteiger partial charge >= 0.3 is 0 Å². The third-order valence-electron chi connectivity index (χ3n) is 2.72. The van der Waals surface area contributed by atoms with E-state index in [-0.39, 0.29) is 0 Å². The Kier molecular flexibility index (Phi) is 6.07. The van der Waals surface area contributed by atoms with Gasteiger partial charge in [0.1, 0.15) is 0 Å². The molecule has 0 saturated heterocycles. The van der Waals surface area contributed by atoms with Crippen LogP contribution in [0.5, 0.6) is 0 Å². The first kappa shape index (κ1) is 14.8. The monoisotopic (exact) mass is 308 g/mol. The molecule has 0 aliphatic heterocycles. The molecule has 0 bridgehead atoms. The van der Waals surface area contributed by atoms with Gasteiger partial charge in [-0.15, -0.1) is 0 Å². The fraction of sp³-hybridized carbons (Fsp3) is 0.286. The van der Waals surface area contributed by atoms with E-state index in [0.717, 1.165) is 0 Å². The average Bonchev–Trinajstić information content (AvgIpc) is 2.49. The molecule has 2 atom stereocenters. The molecule has 0 N–H and O–H groups in total. The number of hydrogen-bond acceptors (Lipinski definition) is 5. The Morgan fingerprint density at radius 3 is 1.47 bits per heavy atom. The van der Waals surface area contributed by atoms with Crippen molar-refractivity contribution in [1.29, 1.82) is 0 Å². The summed E-state index contributed by atoms with van der Waals surface area (Å²) in [5.74, 6) is 0. The highest BCUT2D eigenvalue weighted by Crippen LogP contribution is 2.49. The summed E-state index contributed by atoms with van der Waals surface area (Å²) in [6, 6.07) is 8.31. The van der Waals surface area contributed by atoms with E-state index >= 15 is 0 Å². The lowest BCUT2D eigenvalue weighted by molar-refractivity contribution is 1.09. The van der Waals surface area contributed by atoms with Crippen LogP contribution in [-0.2, 0) is 0 Å². The topological polar surface area (TPSA) is 25.8 Å². The van der Waals surface area contributed by atoms with Crippen LogP contribution in [0.2, 0.25) is 0 Å². The van der Waals surface area contributed by atoms with Gasteiger partial charge in [0.15, 0.2) is 0 Å². The predicted molar refractivity (Wildman–Crippen MR) is 88.1 cm³/mol. The van der Waals surface area contributed by atoms with Crippen molar-refractivity contribution in [2.24, 2.45) is 0 Å². The van der Waals surface area contributed by atoms with Crippen molar-refractivity contribution in [2.75, 3.05) is 0 Å². The van der Waals surface area contributed by atoms with Gasteiger partial charge in [0.05, 0.1) is 0 Å². The van der Waals surface area contributed by atoms with Gasteiger partial charge in [-0.2, -0.15) is 0 Å².